The summed E-state index contributed by atoms with van der Waals surface area (Å²) in [7, 11) is 0. The van der Waals surface area contributed by atoms with Gasteiger partial charge in [0.25, 0.3) is 0 Å². The van der Waals surface area contributed by atoms with Crippen LogP contribution >= 0.6 is 11.8 Å². The molecule has 3 heteroatoms. The number of rotatable bonds is 4. The van der Waals surface area contributed by atoms with E-state index >= 15 is 0 Å². The fourth-order valence-corrected chi connectivity index (χ4v) is 2.02. The van der Waals surface area contributed by atoms with E-state index in [1.165, 1.54) is 4.90 Å². The molecule has 84 valence electrons. The summed E-state index contributed by atoms with van der Waals surface area (Å²) in [5, 5.41) is 9.90. The summed E-state index contributed by atoms with van der Waals surface area (Å²) in [6, 6.07) is 3.92. The fraction of sp³-hybridized carbons (Fsp3) is 0.583. The normalized spacial score (nSPS) is 15.3. The van der Waals surface area contributed by atoms with Crippen LogP contribution in [-0.2, 0) is 0 Å². The van der Waals surface area contributed by atoms with E-state index in [-0.39, 0.29) is 0 Å². The van der Waals surface area contributed by atoms with Crippen LogP contribution in [0.2, 0.25) is 0 Å². The number of hydrogen-bond donors (Lipinski definition) is 1. The Balaban J connectivity index is 2.64. The fourth-order valence-electron chi connectivity index (χ4n) is 1.06. The van der Waals surface area contributed by atoms with Crippen LogP contribution in [0.5, 0.6) is 0 Å². The lowest BCUT2D eigenvalue weighted by atomic mass is 10.2. The minimum absolute atomic E-state index is 0.480. The van der Waals surface area contributed by atoms with Crippen molar-refractivity contribution >= 4 is 11.8 Å². The second kappa shape index (κ2) is 5.52. The number of thioether (sulfide) groups is 1. The van der Waals surface area contributed by atoms with Crippen molar-refractivity contribution in [2.75, 3.05) is 0 Å². The van der Waals surface area contributed by atoms with Crippen LogP contribution in [0.1, 0.15) is 39.5 Å². The number of pyridine rings is 1. The Morgan fingerprint density at radius 2 is 1.87 bits per heavy atom. The van der Waals surface area contributed by atoms with E-state index in [0.29, 0.717) is 11.2 Å². The highest BCUT2D eigenvalue weighted by molar-refractivity contribution is 8.00. The molecule has 0 amide bonds. The van der Waals surface area contributed by atoms with Crippen molar-refractivity contribution in [3.63, 3.8) is 0 Å². The first-order chi connectivity index (χ1) is 7.00. The maximum atomic E-state index is 9.32. The summed E-state index contributed by atoms with van der Waals surface area (Å²) in [6.07, 6.45) is 1.36. The molecule has 1 rings (SSSR count). The van der Waals surface area contributed by atoms with Gasteiger partial charge in [-0.1, -0.05) is 20.8 Å². The minimum Gasteiger partial charge on any atom is -0.387 e. The average Bonchev–Trinajstić information content (AvgIpc) is 2.18. The first-order valence-corrected chi connectivity index (χ1v) is 6.19. The third-order valence-corrected chi connectivity index (χ3v) is 3.88. The molecular formula is C12H19NOS. The van der Waals surface area contributed by atoms with Gasteiger partial charge in [-0.3, -0.25) is 4.98 Å². The van der Waals surface area contributed by atoms with E-state index in [1.807, 2.05) is 30.1 Å². The first-order valence-electron chi connectivity index (χ1n) is 5.31. The molecule has 0 fully saturated rings. The molecule has 1 N–H and O–H groups in total. The van der Waals surface area contributed by atoms with Gasteiger partial charge in [-0.05, 0) is 25.0 Å². The van der Waals surface area contributed by atoms with E-state index in [9.17, 15) is 5.11 Å². The summed E-state index contributed by atoms with van der Waals surface area (Å²) >= 11 is 1.83. The maximum Gasteiger partial charge on any atom is 0.0931 e. The summed E-state index contributed by atoms with van der Waals surface area (Å²) in [6.45, 7) is 8.38. The molecule has 0 aromatic carbocycles. The molecule has 0 aliphatic rings. The van der Waals surface area contributed by atoms with E-state index < -0.39 is 6.10 Å². The minimum atomic E-state index is -0.480. The monoisotopic (exact) mass is 225 g/mol. The molecule has 0 aliphatic carbocycles. The van der Waals surface area contributed by atoms with Gasteiger partial charge >= 0.3 is 0 Å². The van der Waals surface area contributed by atoms with Crippen molar-refractivity contribution in [3.05, 3.63) is 24.0 Å². The molecule has 1 aromatic rings. The van der Waals surface area contributed by atoms with Gasteiger partial charge in [0.2, 0.25) is 0 Å². The molecule has 0 spiro atoms. The topological polar surface area (TPSA) is 33.1 Å². The standard InChI is InChI=1S/C12H19NOS/c1-8(2)10(4)15-11-5-6-12(9(3)14)13-7-11/h5-10,14H,1-4H3. The number of hydrogen-bond acceptors (Lipinski definition) is 3. The summed E-state index contributed by atoms with van der Waals surface area (Å²) < 4.78 is 0. The zero-order chi connectivity index (χ0) is 11.4. The van der Waals surface area contributed by atoms with Gasteiger partial charge in [0.05, 0.1) is 11.8 Å². The van der Waals surface area contributed by atoms with Gasteiger partial charge < -0.3 is 5.11 Å². The van der Waals surface area contributed by atoms with Gasteiger partial charge in [-0.25, -0.2) is 0 Å². The van der Waals surface area contributed by atoms with Gasteiger partial charge in [0, 0.05) is 16.3 Å². The van der Waals surface area contributed by atoms with Gasteiger partial charge in [-0.2, -0.15) is 0 Å². The van der Waals surface area contributed by atoms with E-state index in [1.54, 1.807) is 6.92 Å². The molecule has 0 aliphatic heterocycles. The van der Waals surface area contributed by atoms with Crippen LogP contribution in [-0.4, -0.2) is 15.3 Å². The average molecular weight is 225 g/mol. The molecule has 0 bridgehead atoms. The molecule has 0 radical (unpaired) electrons. The zero-order valence-electron chi connectivity index (χ0n) is 9.77. The lowest BCUT2D eigenvalue weighted by molar-refractivity contribution is 0.194. The molecule has 0 saturated heterocycles. The number of aliphatic hydroxyl groups excluding tert-OH is 1. The second-order valence-electron chi connectivity index (χ2n) is 4.16. The second-order valence-corrected chi connectivity index (χ2v) is 5.61. The zero-order valence-corrected chi connectivity index (χ0v) is 10.6. The molecular weight excluding hydrogens is 206 g/mol. The Kier molecular flexibility index (Phi) is 4.61. The third-order valence-electron chi connectivity index (χ3n) is 2.45. The number of aliphatic hydroxyl groups is 1. The van der Waals surface area contributed by atoms with Crippen molar-refractivity contribution in [1.82, 2.24) is 4.98 Å². The van der Waals surface area contributed by atoms with E-state index in [2.05, 4.69) is 25.8 Å². The van der Waals surface area contributed by atoms with Crippen LogP contribution < -0.4 is 0 Å². The van der Waals surface area contributed by atoms with Crippen molar-refractivity contribution in [3.8, 4) is 0 Å². The Hall–Kier alpha value is -0.540. The number of nitrogens with zero attached hydrogens (tertiary/aromatic N) is 1. The lowest BCUT2D eigenvalue weighted by Crippen LogP contribution is -2.05. The molecule has 2 atom stereocenters. The largest absolute Gasteiger partial charge is 0.387 e. The number of aromatic nitrogens is 1. The summed E-state index contributed by atoms with van der Waals surface area (Å²) in [4.78, 5) is 5.39. The van der Waals surface area contributed by atoms with Crippen molar-refractivity contribution < 1.29 is 5.11 Å². The van der Waals surface area contributed by atoms with Crippen LogP contribution in [0.3, 0.4) is 0 Å². The first kappa shape index (κ1) is 12.5. The van der Waals surface area contributed by atoms with Crippen molar-refractivity contribution in [1.29, 1.82) is 0 Å². The van der Waals surface area contributed by atoms with Crippen LogP contribution in [0.15, 0.2) is 23.2 Å². The van der Waals surface area contributed by atoms with Crippen LogP contribution in [0.4, 0.5) is 0 Å². The molecule has 1 heterocycles. The SMILES string of the molecule is CC(O)c1ccc(SC(C)C(C)C)cn1. The Morgan fingerprint density at radius 1 is 1.20 bits per heavy atom. The predicted octanol–water partition coefficient (Wildman–Crippen LogP) is 3.27. The van der Waals surface area contributed by atoms with Crippen LogP contribution in [0, 0.1) is 5.92 Å². The van der Waals surface area contributed by atoms with Gasteiger partial charge in [0.15, 0.2) is 0 Å². The van der Waals surface area contributed by atoms with Gasteiger partial charge in [-0.15, -0.1) is 11.8 Å². The van der Waals surface area contributed by atoms with E-state index in [4.69, 9.17) is 0 Å². The molecule has 2 nitrogen and oxygen atoms in total. The van der Waals surface area contributed by atoms with Crippen molar-refractivity contribution in [2.24, 2.45) is 5.92 Å². The Labute approximate surface area is 96.1 Å². The van der Waals surface area contributed by atoms with E-state index in [0.717, 1.165) is 5.69 Å². The highest BCUT2D eigenvalue weighted by Crippen LogP contribution is 2.27. The van der Waals surface area contributed by atoms with Crippen molar-refractivity contribution in [2.45, 2.75) is 43.9 Å². The Bertz CT molecular complexity index is 295. The maximum absolute atomic E-state index is 9.32. The highest BCUT2D eigenvalue weighted by atomic mass is 32.2. The molecule has 0 saturated carbocycles. The quantitative estimate of drug-likeness (QED) is 0.798. The lowest BCUT2D eigenvalue weighted by Gasteiger charge is -2.14. The molecule has 2 unspecified atom stereocenters. The third kappa shape index (κ3) is 3.84. The highest BCUT2D eigenvalue weighted by Gasteiger charge is 2.09. The molecule has 15 heavy (non-hydrogen) atoms. The van der Waals surface area contributed by atoms with Crippen LogP contribution in [0.25, 0.3) is 0 Å². The molecule has 1 aromatic heterocycles. The predicted molar refractivity (Wildman–Crippen MR) is 65.0 cm³/mol. The smallest absolute Gasteiger partial charge is 0.0931 e. The summed E-state index contributed by atoms with van der Waals surface area (Å²) in [5.41, 5.74) is 0.733. The summed E-state index contributed by atoms with van der Waals surface area (Å²) in [5.74, 6) is 0.659. The Morgan fingerprint density at radius 3 is 2.27 bits per heavy atom. The van der Waals surface area contributed by atoms with Gasteiger partial charge in [0.1, 0.15) is 0 Å².